The molecule has 0 aliphatic carbocycles. The molecule has 23 heavy (non-hydrogen) atoms. The van der Waals surface area contributed by atoms with Gasteiger partial charge in [0.25, 0.3) is 0 Å². The minimum Gasteiger partial charge on any atom is -0.342 e. The molecule has 2 rings (SSSR count). The molecule has 3 amide bonds. The summed E-state index contributed by atoms with van der Waals surface area (Å²) in [6, 6.07) is 5.52. The first kappa shape index (κ1) is 16.9. The monoisotopic (exact) mass is 321 g/mol. The lowest BCUT2D eigenvalue weighted by molar-refractivity contribution is -0.148. The summed E-state index contributed by atoms with van der Waals surface area (Å²) in [5.74, 6) is -1.26. The van der Waals surface area contributed by atoms with E-state index < -0.39 is 17.1 Å². The third-order valence-corrected chi connectivity index (χ3v) is 3.94. The fourth-order valence-electron chi connectivity index (χ4n) is 2.38. The molecule has 1 aromatic carbocycles. The van der Waals surface area contributed by atoms with Gasteiger partial charge in [-0.2, -0.15) is 0 Å². The maximum Gasteiger partial charge on any atom is 0.239 e. The third kappa shape index (κ3) is 3.85. The molecular formula is C16H20FN3O3. The van der Waals surface area contributed by atoms with Crippen molar-refractivity contribution in [3.05, 3.63) is 30.1 Å². The van der Waals surface area contributed by atoms with E-state index in [1.165, 1.54) is 32.0 Å². The van der Waals surface area contributed by atoms with E-state index in [-0.39, 0.29) is 5.91 Å². The number of nitrogens with one attached hydrogen (secondary N) is 1. The number of carbonyl (C=O) groups is 3. The Morgan fingerprint density at radius 1 is 1.22 bits per heavy atom. The molecular weight excluding hydrogens is 301 g/mol. The van der Waals surface area contributed by atoms with E-state index >= 15 is 0 Å². The van der Waals surface area contributed by atoms with Crippen molar-refractivity contribution in [2.45, 2.75) is 13.8 Å². The largest absolute Gasteiger partial charge is 0.342 e. The Morgan fingerprint density at radius 3 is 2.43 bits per heavy atom. The lowest BCUT2D eigenvalue weighted by Gasteiger charge is -2.36. The van der Waals surface area contributed by atoms with E-state index in [2.05, 4.69) is 5.32 Å². The van der Waals surface area contributed by atoms with Crippen molar-refractivity contribution in [2.75, 3.05) is 31.5 Å². The average Bonchev–Trinajstić information content (AvgIpc) is 2.54. The zero-order valence-corrected chi connectivity index (χ0v) is 13.2. The van der Waals surface area contributed by atoms with E-state index in [4.69, 9.17) is 0 Å². The minimum absolute atomic E-state index is 0.307. The number of amides is 3. The summed E-state index contributed by atoms with van der Waals surface area (Å²) >= 11 is 0. The van der Waals surface area contributed by atoms with Crippen LogP contribution in [-0.4, -0.2) is 54.2 Å². The molecule has 6 nitrogen and oxygen atoms in total. The van der Waals surface area contributed by atoms with Gasteiger partial charge in [0.1, 0.15) is 11.2 Å². The Labute approximate surface area is 134 Å². The first-order valence-electron chi connectivity index (χ1n) is 7.40. The van der Waals surface area contributed by atoms with Gasteiger partial charge in [-0.05, 0) is 32.0 Å². The number of nitrogens with zero attached hydrogens (tertiary/aromatic N) is 2. The highest BCUT2D eigenvalue weighted by Crippen LogP contribution is 2.23. The van der Waals surface area contributed by atoms with E-state index in [9.17, 15) is 18.8 Å². The van der Waals surface area contributed by atoms with Gasteiger partial charge in [0.05, 0.1) is 0 Å². The van der Waals surface area contributed by atoms with E-state index in [0.717, 1.165) is 6.41 Å². The van der Waals surface area contributed by atoms with Crippen molar-refractivity contribution in [3.8, 4) is 0 Å². The highest BCUT2D eigenvalue weighted by atomic mass is 19.1. The van der Waals surface area contributed by atoms with Crippen molar-refractivity contribution in [1.29, 1.82) is 0 Å². The van der Waals surface area contributed by atoms with Crippen molar-refractivity contribution >= 4 is 23.9 Å². The predicted octanol–water partition coefficient (Wildman–Crippen LogP) is 1.09. The maximum absolute atomic E-state index is 13.2. The molecule has 7 heteroatoms. The van der Waals surface area contributed by atoms with Gasteiger partial charge in [-0.1, -0.05) is 6.07 Å². The zero-order chi connectivity index (χ0) is 17.0. The first-order chi connectivity index (χ1) is 10.8. The maximum atomic E-state index is 13.2. The normalized spacial score (nSPS) is 15.3. The summed E-state index contributed by atoms with van der Waals surface area (Å²) in [5.41, 5.74) is -0.975. The van der Waals surface area contributed by atoms with Crippen molar-refractivity contribution < 1.29 is 18.8 Å². The zero-order valence-electron chi connectivity index (χ0n) is 13.2. The molecule has 0 radical (unpaired) electrons. The highest BCUT2D eigenvalue weighted by Gasteiger charge is 2.40. The Balaban J connectivity index is 2.03. The van der Waals surface area contributed by atoms with Gasteiger partial charge in [0, 0.05) is 31.9 Å². The van der Waals surface area contributed by atoms with Gasteiger partial charge in [-0.15, -0.1) is 0 Å². The fourth-order valence-corrected chi connectivity index (χ4v) is 2.38. The summed E-state index contributed by atoms with van der Waals surface area (Å²) in [5, 5.41) is 2.57. The van der Waals surface area contributed by atoms with Gasteiger partial charge >= 0.3 is 0 Å². The Hall–Kier alpha value is -2.44. The summed E-state index contributed by atoms with van der Waals surface area (Å²) in [6.45, 7) is 4.78. The van der Waals surface area contributed by atoms with Gasteiger partial charge < -0.3 is 15.1 Å². The van der Waals surface area contributed by atoms with Crippen molar-refractivity contribution in [3.63, 3.8) is 0 Å². The number of hydrogen-bond acceptors (Lipinski definition) is 3. The second kappa shape index (κ2) is 6.76. The van der Waals surface area contributed by atoms with E-state index in [1.54, 1.807) is 15.9 Å². The predicted molar refractivity (Wildman–Crippen MR) is 83.0 cm³/mol. The highest BCUT2D eigenvalue weighted by molar-refractivity contribution is 6.09. The molecule has 1 saturated heterocycles. The van der Waals surface area contributed by atoms with Crippen LogP contribution in [-0.2, 0) is 14.4 Å². The van der Waals surface area contributed by atoms with Crippen LogP contribution in [0, 0.1) is 11.2 Å². The average molecular weight is 321 g/mol. The molecule has 1 aromatic rings. The topological polar surface area (TPSA) is 69.7 Å². The lowest BCUT2D eigenvalue weighted by atomic mass is 9.89. The number of halogens is 1. The number of carbonyl (C=O) groups excluding carboxylic acids is 3. The van der Waals surface area contributed by atoms with E-state index in [0.29, 0.717) is 31.9 Å². The van der Waals surface area contributed by atoms with Gasteiger partial charge in [0.2, 0.25) is 18.2 Å². The molecule has 1 heterocycles. The third-order valence-electron chi connectivity index (χ3n) is 3.94. The van der Waals surface area contributed by atoms with Crippen LogP contribution in [0.5, 0.6) is 0 Å². The summed E-state index contributed by atoms with van der Waals surface area (Å²) in [4.78, 5) is 38.9. The number of piperazine rings is 1. The number of rotatable bonds is 4. The van der Waals surface area contributed by atoms with Crippen LogP contribution in [0.1, 0.15) is 13.8 Å². The molecule has 0 saturated carbocycles. The second-order valence-electron chi connectivity index (χ2n) is 6.02. The van der Waals surface area contributed by atoms with Gasteiger partial charge in [-0.3, -0.25) is 14.4 Å². The van der Waals surface area contributed by atoms with Crippen LogP contribution in [0.4, 0.5) is 10.1 Å². The van der Waals surface area contributed by atoms with Crippen molar-refractivity contribution in [2.24, 2.45) is 5.41 Å². The van der Waals surface area contributed by atoms with Crippen molar-refractivity contribution in [1.82, 2.24) is 9.80 Å². The molecule has 1 aliphatic heterocycles. The molecule has 124 valence electrons. The summed E-state index contributed by atoms with van der Waals surface area (Å²) < 4.78 is 13.2. The quantitative estimate of drug-likeness (QED) is 0.667. The van der Waals surface area contributed by atoms with Gasteiger partial charge in [-0.25, -0.2) is 4.39 Å². The summed E-state index contributed by atoms with van der Waals surface area (Å²) in [7, 11) is 0. The Morgan fingerprint density at radius 2 is 1.87 bits per heavy atom. The molecule has 0 aromatic heterocycles. The Kier molecular flexibility index (Phi) is 4.98. The van der Waals surface area contributed by atoms with Gasteiger partial charge in [0.15, 0.2) is 0 Å². The second-order valence-corrected chi connectivity index (χ2v) is 6.02. The molecule has 1 fully saturated rings. The first-order valence-corrected chi connectivity index (χ1v) is 7.40. The molecule has 0 bridgehead atoms. The standard InChI is InChI=1S/C16H20FN3O3/c1-16(2,14(22)18-13-5-3-4-12(17)10-13)15(23)20-8-6-19(11-21)7-9-20/h3-5,10-11H,6-9H2,1-2H3,(H,18,22). The minimum atomic E-state index is -1.28. The van der Waals surface area contributed by atoms with Crippen LogP contribution in [0.15, 0.2) is 24.3 Å². The van der Waals surface area contributed by atoms with E-state index in [1.807, 2.05) is 0 Å². The van der Waals surface area contributed by atoms with Crippen LogP contribution < -0.4 is 5.32 Å². The Bertz CT molecular complexity index is 610. The SMILES string of the molecule is CC(C)(C(=O)Nc1cccc(F)c1)C(=O)N1CCN(C=O)CC1. The fraction of sp³-hybridized carbons (Fsp3) is 0.438. The number of anilines is 1. The lowest BCUT2D eigenvalue weighted by Crippen LogP contribution is -2.54. The summed E-state index contributed by atoms with van der Waals surface area (Å²) in [6.07, 6.45) is 0.754. The smallest absolute Gasteiger partial charge is 0.239 e. The van der Waals surface area contributed by atoms with Crippen LogP contribution >= 0.6 is 0 Å². The molecule has 0 atom stereocenters. The molecule has 0 spiro atoms. The molecule has 1 aliphatic rings. The molecule has 1 N–H and O–H groups in total. The number of hydrogen-bond donors (Lipinski definition) is 1. The van der Waals surface area contributed by atoms with Crippen LogP contribution in [0.25, 0.3) is 0 Å². The molecule has 0 unspecified atom stereocenters. The van der Waals surface area contributed by atoms with Crippen LogP contribution in [0.2, 0.25) is 0 Å². The van der Waals surface area contributed by atoms with Crippen LogP contribution in [0.3, 0.4) is 0 Å². The number of benzene rings is 1.